The first-order chi connectivity index (χ1) is 7.58. The molecule has 96 valence electrons. The molecule has 0 saturated carbocycles. The van der Waals surface area contributed by atoms with Gasteiger partial charge in [0.2, 0.25) is 11.6 Å². The number of anilines is 1. The minimum Gasteiger partial charge on any atom is -0.444 e. The molecule has 0 aliphatic heterocycles. The first kappa shape index (κ1) is 13.4. The number of alkyl halides is 3. The van der Waals surface area contributed by atoms with Gasteiger partial charge in [0, 0.05) is 6.07 Å². The molecule has 1 aromatic rings. The smallest absolute Gasteiger partial charge is 0.444 e. The number of rotatable bonds is 1. The Kier molecular flexibility index (Phi) is 3.40. The summed E-state index contributed by atoms with van der Waals surface area (Å²) in [7, 11) is 0. The van der Waals surface area contributed by atoms with E-state index in [0.717, 1.165) is 12.1 Å². The topological polar surface area (TPSA) is 51.5 Å². The molecule has 1 heterocycles. The Balaban J connectivity index is 2.65. The van der Waals surface area contributed by atoms with Crippen LogP contribution >= 0.6 is 0 Å². The fourth-order valence-corrected chi connectivity index (χ4v) is 0.962. The van der Waals surface area contributed by atoms with Gasteiger partial charge >= 0.3 is 12.3 Å². The number of nitrogens with one attached hydrogen (secondary N) is 1. The van der Waals surface area contributed by atoms with E-state index < -0.39 is 23.6 Å². The van der Waals surface area contributed by atoms with Crippen molar-refractivity contribution in [1.82, 2.24) is 0 Å². The molecule has 1 N–H and O–H groups in total. The lowest BCUT2D eigenvalue weighted by atomic mass is 10.2. The summed E-state index contributed by atoms with van der Waals surface area (Å²) in [4.78, 5) is 11.2. The number of halogens is 3. The quantitative estimate of drug-likeness (QED) is 0.828. The molecule has 0 aliphatic carbocycles. The molecule has 0 saturated heterocycles. The summed E-state index contributed by atoms with van der Waals surface area (Å²) in [5.41, 5.74) is -0.733. The van der Waals surface area contributed by atoms with Gasteiger partial charge in [-0.05, 0) is 26.8 Å². The van der Waals surface area contributed by atoms with Crippen LogP contribution in [-0.4, -0.2) is 11.7 Å². The maximum atomic E-state index is 12.2. The summed E-state index contributed by atoms with van der Waals surface area (Å²) in [6.07, 6.45) is -5.45. The Morgan fingerprint density at radius 3 is 2.29 bits per heavy atom. The lowest BCUT2D eigenvalue weighted by Gasteiger charge is -2.18. The third kappa shape index (κ3) is 4.38. The lowest BCUT2D eigenvalue weighted by molar-refractivity contribution is -0.152. The summed E-state index contributed by atoms with van der Waals surface area (Å²) in [6, 6.07) is 1.74. The second kappa shape index (κ2) is 4.31. The van der Waals surface area contributed by atoms with Crippen LogP contribution in [0.2, 0.25) is 0 Å². The summed E-state index contributed by atoms with van der Waals surface area (Å²) in [5, 5.41) is 2.06. The van der Waals surface area contributed by atoms with Crippen LogP contribution < -0.4 is 5.32 Å². The predicted molar refractivity (Wildman–Crippen MR) is 53.6 cm³/mol. The van der Waals surface area contributed by atoms with Gasteiger partial charge in [-0.1, -0.05) is 0 Å². The average molecular weight is 251 g/mol. The number of carbonyl (C=O) groups excluding carboxylic acids is 1. The van der Waals surface area contributed by atoms with Crippen molar-refractivity contribution in [2.45, 2.75) is 32.5 Å². The Hall–Kier alpha value is -1.66. The molecule has 17 heavy (non-hydrogen) atoms. The zero-order chi connectivity index (χ0) is 13.3. The summed E-state index contributed by atoms with van der Waals surface area (Å²) in [5.74, 6) is -1.49. The number of furan rings is 1. The highest BCUT2D eigenvalue weighted by molar-refractivity contribution is 5.83. The second-order valence-electron chi connectivity index (χ2n) is 4.29. The van der Waals surface area contributed by atoms with Crippen LogP contribution in [0, 0.1) is 0 Å². The Labute approximate surface area is 95.7 Å². The van der Waals surface area contributed by atoms with E-state index in [0.29, 0.717) is 0 Å². The van der Waals surface area contributed by atoms with Crippen molar-refractivity contribution in [3.63, 3.8) is 0 Å². The molecule has 0 spiro atoms. The van der Waals surface area contributed by atoms with Crippen LogP contribution in [0.3, 0.4) is 0 Å². The predicted octanol–water partition coefficient (Wildman–Crippen LogP) is 3.65. The highest BCUT2D eigenvalue weighted by Gasteiger charge is 2.35. The number of amides is 1. The van der Waals surface area contributed by atoms with Crippen molar-refractivity contribution >= 4 is 12.0 Å². The van der Waals surface area contributed by atoms with E-state index in [4.69, 9.17) is 4.74 Å². The van der Waals surface area contributed by atoms with E-state index in [1.807, 2.05) is 0 Å². The SMILES string of the molecule is CC(C)(C)OC(=O)Nc1ccc(C(F)(F)F)o1. The maximum Gasteiger partial charge on any atom is 0.449 e. The van der Waals surface area contributed by atoms with E-state index >= 15 is 0 Å². The highest BCUT2D eigenvalue weighted by atomic mass is 19.4. The molecular weight excluding hydrogens is 239 g/mol. The second-order valence-corrected chi connectivity index (χ2v) is 4.29. The first-order valence-electron chi connectivity index (χ1n) is 4.75. The van der Waals surface area contributed by atoms with Gasteiger partial charge in [-0.15, -0.1) is 0 Å². The van der Waals surface area contributed by atoms with Crippen LogP contribution in [0.15, 0.2) is 16.5 Å². The van der Waals surface area contributed by atoms with Crippen molar-refractivity contribution in [2.24, 2.45) is 0 Å². The molecule has 0 aliphatic rings. The molecule has 7 heteroatoms. The van der Waals surface area contributed by atoms with E-state index in [2.05, 4.69) is 9.73 Å². The van der Waals surface area contributed by atoms with E-state index in [-0.39, 0.29) is 5.88 Å². The molecule has 4 nitrogen and oxygen atoms in total. The van der Waals surface area contributed by atoms with Gasteiger partial charge in [0.25, 0.3) is 0 Å². The van der Waals surface area contributed by atoms with Crippen molar-refractivity contribution in [3.8, 4) is 0 Å². The highest BCUT2D eigenvalue weighted by Crippen LogP contribution is 2.32. The number of hydrogen-bond acceptors (Lipinski definition) is 3. The average Bonchev–Trinajstić information content (AvgIpc) is 2.47. The fourth-order valence-electron chi connectivity index (χ4n) is 0.962. The molecule has 1 aromatic heterocycles. The molecule has 1 amide bonds. The minimum absolute atomic E-state index is 0.313. The summed E-state index contributed by atoms with van der Waals surface area (Å²) < 4.78 is 45.8. The van der Waals surface area contributed by atoms with Crippen molar-refractivity contribution in [2.75, 3.05) is 5.32 Å². The summed E-state index contributed by atoms with van der Waals surface area (Å²) in [6.45, 7) is 4.90. The zero-order valence-electron chi connectivity index (χ0n) is 9.51. The van der Waals surface area contributed by atoms with Gasteiger partial charge in [0.1, 0.15) is 5.60 Å². The molecule has 0 atom stereocenters. The molecule has 1 rings (SSSR count). The van der Waals surface area contributed by atoms with Gasteiger partial charge in [-0.2, -0.15) is 13.2 Å². The van der Waals surface area contributed by atoms with E-state index in [1.165, 1.54) is 0 Å². The van der Waals surface area contributed by atoms with Crippen LogP contribution in [0.5, 0.6) is 0 Å². The van der Waals surface area contributed by atoms with Gasteiger partial charge in [-0.3, -0.25) is 5.32 Å². The molecule has 0 bridgehead atoms. The number of hydrogen-bond donors (Lipinski definition) is 1. The third-order valence-electron chi connectivity index (χ3n) is 1.51. The van der Waals surface area contributed by atoms with Crippen molar-refractivity contribution < 1.29 is 27.1 Å². The molecular formula is C10H12F3NO3. The van der Waals surface area contributed by atoms with E-state index in [1.54, 1.807) is 20.8 Å². The molecule has 0 fully saturated rings. The van der Waals surface area contributed by atoms with Crippen LogP contribution in [-0.2, 0) is 10.9 Å². The molecule has 0 radical (unpaired) electrons. The van der Waals surface area contributed by atoms with Crippen LogP contribution in [0.25, 0.3) is 0 Å². The Morgan fingerprint density at radius 1 is 1.29 bits per heavy atom. The van der Waals surface area contributed by atoms with Gasteiger partial charge in [0.15, 0.2) is 0 Å². The van der Waals surface area contributed by atoms with E-state index in [9.17, 15) is 18.0 Å². The maximum absolute atomic E-state index is 12.2. The van der Waals surface area contributed by atoms with Crippen LogP contribution in [0.1, 0.15) is 26.5 Å². The normalized spacial score (nSPS) is 12.4. The number of carbonyl (C=O) groups is 1. The molecule has 0 unspecified atom stereocenters. The van der Waals surface area contributed by atoms with Gasteiger partial charge in [0.05, 0.1) is 0 Å². The largest absolute Gasteiger partial charge is 0.449 e. The fraction of sp³-hybridized carbons (Fsp3) is 0.500. The van der Waals surface area contributed by atoms with Crippen molar-refractivity contribution in [3.05, 3.63) is 17.9 Å². The Bertz CT molecular complexity index is 404. The van der Waals surface area contributed by atoms with Crippen molar-refractivity contribution in [1.29, 1.82) is 0 Å². The molecule has 0 aromatic carbocycles. The zero-order valence-corrected chi connectivity index (χ0v) is 9.51. The monoisotopic (exact) mass is 251 g/mol. The van der Waals surface area contributed by atoms with Gasteiger partial charge < -0.3 is 9.15 Å². The first-order valence-corrected chi connectivity index (χ1v) is 4.75. The number of ether oxygens (including phenoxy) is 1. The lowest BCUT2D eigenvalue weighted by Crippen LogP contribution is -2.27. The van der Waals surface area contributed by atoms with Crippen LogP contribution in [0.4, 0.5) is 23.8 Å². The van der Waals surface area contributed by atoms with Gasteiger partial charge in [-0.25, -0.2) is 4.79 Å². The Morgan fingerprint density at radius 2 is 1.88 bits per heavy atom. The summed E-state index contributed by atoms with van der Waals surface area (Å²) >= 11 is 0. The third-order valence-corrected chi connectivity index (χ3v) is 1.51. The minimum atomic E-state index is -4.58. The standard InChI is InChI=1S/C10H12F3NO3/c1-9(2,3)17-8(15)14-7-5-4-6(16-7)10(11,12)13/h4-5H,1-3H3,(H,14,15).